The maximum absolute atomic E-state index is 2.47. The van der Waals surface area contributed by atoms with Crippen LogP contribution < -0.4 is 0 Å². The third-order valence-corrected chi connectivity index (χ3v) is 5.57. The van der Waals surface area contributed by atoms with Crippen LogP contribution in [0.15, 0.2) is 0 Å². The molecule has 0 N–H and O–H groups in total. The minimum Gasteiger partial charge on any atom is -0.0625 e. The van der Waals surface area contributed by atoms with Crippen LogP contribution in [-0.2, 0) is 0 Å². The number of hydrogen-bond donors (Lipinski definition) is 0. The molecule has 2 aliphatic rings. The van der Waals surface area contributed by atoms with E-state index in [2.05, 4.69) is 41.5 Å². The van der Waals surface area contributed by atoms with Crippen LogP contribution in [0.25, 0.3) is 0 Å². The summed E-state index contributed by atoms with van der Waals surface area (Å²) in [6.07, 6.45) is 3.07. The first-order valence-electron chi connectivity index (χ1n) is 6.92. The summed E-state index contributed by atoms with van der Waals surface area (Å²) in [4.78, 5) is 0. The van der Waals surface area contributed by atoms with E-state index < -0.39 is 0 Å². The monoisotopic (exact) mass is 208 g/mol. The first-order chi connectivity index (χ1) is 6.92. The molecular formula is C15H28. The predicted octanol–water partition coefficient (Wildman–Crippen LogP) is 4.60. The molecule has 88 valence electrons. The van der Waals surface area contributed by atoms with Crippen LogP contribution in [-0.4, -0.2) is 0 Å². The van der Waals surface area contributed by atoms with Gasteiger partial charge in [0, 0.05) is 0 Å². The van der Waals surface area contributed by atoms with Crippen molar-refractivity contribution in [2.24, 2.45) is 40.9 Å². The van der Waals surface area contributed by atoms with Crippen LogP contribution in [0, 0.1) is 40.9 Å². The van der Waals surface area contributed by atoms with Gasteiger partial charge in [0.1, 0.15) is 0 Å². The van der Waals surface area contributed by atoms with E-state index in [9.17, 15) is 0 Å². The number of rotatable bonds is 3. The van der Waals surface area contributed by atoms with E-state index in [0.29, 0.717) is 5.41 Å². The van der Waals surface area contributed by atoms with Crippen molar-refractivity contribution in [3.63, 3.8) is 0 Å². The van der Waals surface area contributed by atoms with Gasteiger partial charge >= 0.3 is 0 Å². The molecule has 0 heterocycles. The SMILES string of the molecule is CC(C)[C@H]1C[C@@H]2C[C@@H]2C1(C(C)C)C(C)C. The summed E-state index contributed by atoms with van der Waals surface area (Å²) >= 11 is 0. The molecule has 0 aliphatic heterocycles. The highest BCUT2D eigenvalue weighted by molar-refractivity contribution is 5.13. The summed E-state index contributed by atoms with van der Waals surface area (Å²) in [7, 11) is 0. The van der Waals surface area contributed by atoms with E-state index in [1.54, 1.807) is 6.42 Å². The molecule has 0 bridgehead atoms. The van der Waals surface area contributed by atoms with Crippen molar-refractivity contribution in [2.45, 2.75) is 54.4 Å². The lowest BCUT2D eigenvalue weighted by molar-refractivity contribution is 0.00583. The van der Waals surface area contributed by atoms with Gasteiger partial charge in [0.05, 0.1) is 0 Å². The van der Waals surface area contributed by atoms with Crippen LogP contribution in [0.1, 0.15) is 54.4 Å². The van der Waals surface area contributed by atoms with Gasteiger partial charge in [-0.3, -0.25) is 0 Å². The molecule has 0 aromatic carbocycles. The van der Waals surface area contributed by atoms with E-state index in [0.717, 1.165) is 35.5 Å². The highest BCUT2D eigenvalue weighted by Gasteiger charge is 2.65. The molecule has 2 aliphatic carbocycles. The van der Waals surface area contributed by atoms with Gasteiger partial charge in [-0.25, -0.2) is 0 Å². The second-order valence-electron chi connectivity index (χ2n) is 7.00. The van der Waals surface area contributed by atoms with Gasteiger partial charge in [0.15, 0.2) is 0 Å². The maximum Gasteiger partial charge on any atom is -0.0190 e. The van der Waals surface area contributed by atoms with Crippen LogP contribution in [0.2, 0.25) is 0 Å². The Morgan fingerprint density at radius 2 is 1.40 bits per heavy atom. The van der Waals surface area contributed by atoms with Gasteiger partial charge in [-0.2, -0.15) is 0 Å². The molecule has 0 saturated heterocycles. The van der Waals surface area contributed by atoms with Crippen molar-refractivity contribution < 1.29 is 0 Å². The third-order valence-electron chi connectivity index (χ3n) is 5.57. The summed E-state index contributed by atoms with van der Waals surface area (Å²) < 4.78 is 0. The molecule has 3 atom stereocenters. The van der Waals surface area contributed by atoms with Crippen LogP contribution in [0.5, 0.6) is 0 Å². The molecule has 2 rings (SSSR count). The summed E-state index contributed by atoms with van der Waals surface area (Å²) in [5.74, 6) is 5.76. The van der Waals surface area contributed by atoms with E-state index >= 15 is 0 Å². The van der Waals surface area contributed by atoms with Gasteiger partial charge in [0.2, 0.25) is 0 Å². The Balaban J connectivity index is 2.34. The highest BCUT2D eigenvalue weighted by atomic mass is 14.7. The van der Waals surface area contributed by atoms with Gasteiger partial charge in [-0.1, -0.05) is 41.5 Å². The minimum absolute atomic E-state index is 0.666. The smallest absolute Gasteiger partial charge is 0.0190 e. The van der Waals surface area contributed by atoms with E-state index in [1.165, 1.54) is 6.42 Å². The standard InChI is InChI=1S/C15H28/c1-9(2)13-7-12-8-14(12)15(13,10(3)4)11(5)6/h9-14H,7-8H2,1-6H3/t12-,13-,14+/m1/s1. The lowest BCUT2D eigenvalue weighted by Gasteiger charge is -2.47. The van der Waals surface area contributed by atoms with Crippen molar-refractivity contribution in [1.82, 2.24) is 0 Å². The first-order valence-corrected chi connectivity index (χ1v) is 6.92. The summed E-state index contributed by atoms with van der Waals surface area (Å²) in [5.41, 5.74) is 0.666. The zero-order valence-electron chi connectivity index (χ0n) is 11.4. The predicted molar refractivity (Wildman–Crippen MR) is 66.7 cm³/mol. The van der Waals surface area contributed by atoms with Gasteiger partial charge in [-0.15, -0.1) is 0 Å². The topological polar surface area (TPSA) is 0 Å². The number of hydrogen-bond acceptors (Lipinski definition) is 0. The van der Waals surface area contributed by atoms with Crippen molar-refractivity contribution in [2.75, 3.05) is 0 Å². The highest BCUT2D eigenvalue weighted by Crippen LogP contribution is 2.71. The molecular weight excluding hydrogens is 180 g/mol. The zero-order valence-corrected chi connectivity index (χ0v) is 11.4. The molecule has 0 aromatic heterocycles. The maximum atomic E-state index is 2.47. The Bertz CT molecular complexity index is 228. The molecule has 0 aromatic rings. The van der Waals surface area contributed by atoms with Crippen molar-refractivity contribution in [1.29, 1.82) is 0 Å². The molecule has 2 saturated carbocycles. The second-order valence-corrected chi connectivity index (χ2v) is 7.00. The van der Waals surface area contributed by atoms with Gasteiger partial charge < -0.3 is 0 Å². The quantitative estimate of drug-likeness (QED) is 0.636. The second kappa shape index (κ2) is 3.50. The largest absolute Gasteiger partial charge is 0.0625 e. The van der Waals surface area contributed by atoms with Crippen LogP contribution >= 0.6 is 0 Å². The van der Waals surface area contributed by atoms with Gasteiger partial charge in [0.25, 0.3) is 0 Å². The zero-order chi connectivity index (χ0) is 11.4. The molecule has 0 spiro atoms. The van der Waals surface area contributed by atoms with Gasteiger partial charge in [-0.05, 0) is 53.8 Å². The Morgan fingerprint density at radius 1 is 0.867 bits per heavy atom. The summed E-state index contributed by atoms with van der Waals surface area (Å²) in [6, 6.07) is 0. The van der Waals surface area contributed by atoms with E-state index in [1.807, 2.05) is 0 Å². The van der Waals surface area contributed by atoms with Crippen molar-refractivity contribution >= 4 is 0 Å². The average Bonchev–Trinajstić information content (AvgIpc) is 2.77. The average molecular weight is 208 g/mol. The van der Waals surface area contributed by atoms with E-state index in [-0.39, 0.29) is 0 Å². The summed E-state index contributed by atoms with van der Waals surface area (Å²) in [5, 5.41) is 0. The fourth-order valence-electron chi connectivity index (χ4n) is 5.15. The molecule has 0 amide bonds. The fraction of sp³-hybridized carbons (Fsp3) is 1.00. The van der Waals surface area contributed by atoms with Crippen LogP contribution in [0.3, 0.4) is 0 Å². The molecule has 2 fully saturated rings. The first kappa shape index (κ1) is 11.5. The Hall–Kier alpha value is 0. The Morgan fingerprint density at radius 3 is 1.73 bits per heavy atom. The number of fused-ring (bicyclic) bond motifs is 1. The van der Waals surface area contributed by atoms with Crippen molar-refractivity contribution in [3.05, 3.63) is 0 Å². The lowest BCUT2D eigenvalue weighted by Crippen LogP contribution is -2.42. The molecule has 0 nitrogen and oxygen atoms in total. The molecule has 15 heavy (non-hydrogen) atoms. The third kappa shape index (κ3) is 1.40. The molecule has 0 unspecified atom stereocenters. The fourth-order valence-corrected chi connectivity index (χ4v) is 5.15. The van der Waals surface area contributed by atoms with E-state index in [4.69, 9.17) is 0 Å². The van der Waals surface area contributed by atoms with Crippen molar-refractivity contribution in [3.8, 4) is 0 Å². The molecule has 0 heteroatoms. The van der Waals surface area contributed by atoms with Crippen LogP contribution in [0.4, 0.5) is 0 Å². The minimum atomic E-state index is 0.666. The Kier molecular flexibility index (Phi) is 2.68. The normalized spacial score (nSPS) is 37.8. The lowest BCUT2D eigenvalue weighted by atomic mass is 9.57. The Labute approximate surface area is 95.8 Å². The summed E-state index contributed by atoms with van der Waals surface area (Å²) in [6.45, 7) is 14.8. The molecule has 0 radical (unpaired) electrons.